The molecule has 0 saturated heterocycles. The summed E-state index contributed by atoms with van der Waals surface area (Å²) in [5.74, 6) is 0.910. The van der Waals surface area contributed by atoms with Crippen LogP contribution >= 0.6 is 15.9 Å². The Bertz CT molecular complexity index is 301. The molecule has 0 heterocycles. The molecule has 1 aromatic carbocycles. The predicted molar refractivity (Wildman–Crippen MR) is 62.7 cm³/mol. The molecule has 0 radical (unpaired) electrons. The monoisotopic (exact) mass is 257 g/mol. The summed E-state index contributed by atoms with van der Waals surface area (Å²) in [7, 11) is 3.79. The Morgan fingerprint density at radius 2 is 2.14 bits per heavy atom. The third-order valence-electron chi connectivity index (χ3n) is 2.23. The summed E-state index contributed by atoms with van der Waals surface area (Å²) in [5.41, 5.74) is 1.26. The van der Waals surface area contributed by atoms with Gasteiger partial charge in [0.2, 0.25) is 0 Å². The number of benzene rings is 1. The lowest BCUT2D eigenvalue weighted by atomic mass is 10.2. The summed E-state index contributed by atoms with van der Waals surface area (Å²) in [6.45, 7) is 4.13. The van der Waals surface area contributed by atoms with Gasteiger partial charge in [0.05, 0.1) is 7.11 Å². The highest BCUT2D eigenvalue weighted by molar-refractivity contribution is 9.10. The van der Waals surface area contributed by atoms with E-state index in [1.54, 1.807) is 7.11 Å². The van der Waals surface area contributed by atoms with E-state index in [0.717, 1.165) is 23.3 Å². The Morgan fingerprint density at radius 3 is 2.71 bits per heavy atom. The van der Waals surface area contributed by atoms with Gasteiger partial charge in [-0.25, -0.2) is 0 Å². The molecule has 0 aromatic heterocycles. The smallest absolute Gasteiger partial charge is 0.119 e. The molecule has 0 N–H and O–H groups in total. The Kier molecular flexibility index (Phi) is 4.42. The number of halogens is 1. The van der Waals surface area contributed by atoms with E-state index >= 15 is 0 Å². The van der Waals surface area contributed by atoms with Crippen LogP contribution in [0.4, 0.5) is 0 Å². The lowest BCUT2D eigenvalue weighted by Crippen LogP contribution is -2.16. The van der Waals surface area contributed by atoms with E-state index in [1.807, 2.05) is 12.1 Å². The van der Waals surface area contributed by atoms with Crippen molar-refractivity contribution in [2.24, 2.45) is 0 Å². The summed E-state index contributed by atoms with van der Waals surface area (Å²) in [4.78, 5) is 2.25. The SMILES string of the molecule is CCN(C)Cc1cc(OC)ccc1Br. The minimum absolute atomic E-state index is 0.910. The molecule has 0 aliphatic carbocycles. The van der Waals surface area contributed by atoms with E-state index in [9.17, 15) is 0 Å². The zero-order valence-electron chi connectivity index (χ0n) is 8.88. The van der Waals surface area contributed by atoms with Crippen molar-refractivity contribution >= 4 is 15.9 Å². The van der Waals surface area contributed by atoms with Crippen LogP contribution in [0.1, 0.15) is 12.5 Å². The fourth-order valence-electron chi connectivity index (χ4n) is 1.20. The van der Waals surface area contributed by atoms with Crippen LogP contribution in [-0.2, 0) is 6.54 Å². The summed E-state index contributed by atoms with van der Waals surface area (Å²) < 4.78 is 6.32. The van der Waals surface area contributed by atoms with Crippen molar-refractivity contribution in [2.75, 3.05) is 20.7 Å². The molecule has 0 saturated carbocycles. The average molecular weight is 258 g/mol. The second-order valence-electron chi connectivity index (χ2n) is 3.29. The summed E-state index contributed by atoms with van der Waals surface area (Å²) in [6, 6.07) is 6.05. The van der Waals surface area contributed by atoms with E-state index in [2.05, 4.69) is 40.9 Å². The van der Waals surface area contributed by atoms with E-state index in [1.165, 1.54) is 5.56 Å². The van der Waals surface area contributed by atoms with Crippen LogP contribution in [0.3, 0.4) is 0 Å². The van der Waals surface area contributed by atoms with Gasteiger partial charge in [0, 0.05) is 11.0 Å². The van der Waals surface area contributed by atoms with Crippen molar-refractivity contribution in [3.8, 4) is 5.75 Å². The summed E-state index contributed by atoms with van der Waals surface area (Å²) in [5, 5.41) is 0. The maximum Gasteiger partial charge on any atom is 0.119 e. The fraction of sp³-hybridized carbons (Fsp3) is 0.455. The maximum absolute atomic E-state index is 5.19. The van der Waals surface area contributed by atoms with E-state index in [0.29, 0.717) is 0 Å². The van der Waals surface area contributed by atoms with Gasteiger partial charge < -0.3 is 9.64 Å². The van der Waals surface area contributed by atoms with Crippen LogP contribution in [0.25, 0.3) is 0 Å². The van der Waals surface area contributed by atoms with Gasteiger partial charge in [-0.1, -0.05) is 22.9 Å². The van der Waals surface area contributed by atoms with Crippen LogP contribution in [0.15, 0.2) is 22.7 Å². The predicted octanol–water partition coefficient (Wildman–Crippen LogP) is 2.91. The van der Waals surface area contributed by atoms with Crippen LogP contribution in [0, 0.1) is 0 Å². The van der Waals surface area contributed by atoms with Gasteiger partial charge in [-0.15, -0.1) is 0 Å². The lowest BCUT2D eigenvalue weighted by Gasteiger charge is -2.15. The first-order valence-electron chi connectivity index (χ1n) is 4.68. The molecule has 0 unspecified atom stereocenters. The molecule has 0 atom stereocenters. The molecular weight excluding hydrogens is 242 g/mol. The standard InChI is InChI=1S/C11H16BrNO/c1-4-13(2)8-9-7-10(14-3)5-6-11(9)12/h5-7H,4,8H2,1-3H3. The van der Waals surface area contributed by atoms with Crippen LogP contribution in [-0.4, -0.2) is 25.6 Å². The number of rotatable bonds is 4. The third-order valence-corrected chi connectivity index (χ3v) is 3.01. The number of nitrogens with zero attached hydrogens (tertiary/aromatic N) is 1. The van der Waals surface area contributed by atoms with Gasteiger partial charge in [0.1, 0.15) is 5.75 Å². The Labute approximate surface area is 94.0 Å². The second-order valence-corrected chi connectivity index (χ2v) is 4.14. The van der Waals surface area contributed by atoms with E-state index < -0.39 is 0 Å². The zero-order chi connectivity index (χ0) is 10.6. The molecule has 0 amide bonds. The average Bonchev–Trinajstić information content (AvgIpc) is 2.21. The third kappa shape index (κ3) is 3.00. The molecule has 0 bridgehead atoms. The van der Waals surface area contributed by atoms with Crippen LogP contribution in [0.5, 0.6) is 5.75 Å². The van der Waals surface area contributed by atoms with Gasteiger partial charge in [-0.3, -0.25) is 0 Å². The van der Waals surface area contributed by atoms with E-state index in [4.69, 9.17) is 4.74 Å². The number of methoxy groups -OCH3 is 1. The first kappa shape index (κ1) is 11.5. The normalized spacial score (nSPS) is 10.6. The number of hydrogen-bond acceptors (Lipinski definition) is 2. The fourth-order valence-corrected chi connectivity index (χ4v) is 1.57. The van der Waals surface area contributed by atoms with Crippen molar-refractivity contribution < 1.29 is 4.74 Å². The Balaban J connectivity index is 2.83. The Morgan fingerprint density at radius 1 is 1.43 bits per heavy atom. The number of hydrogen-bond donors (Lipinski definition) is 0. The summed E-state index contributed by atoms with van der Waals surface area (Å²) in [6.07, 6.45) is 0. The van der Waals surface area contributed by atoms with Crippen LogP contribution < -0.4 is 4.74 Å². The van der Waals surface area contributed by atoms with Crippen molar-refractivity contribution in [1.82, 2.24) is 4.90 Å². The Hall–Kier alpha value is -0.540. The van der Waals surface area contributed by atoms with E-state index in [-0.39, 0.29) is 0 Å². The second kappa shape index (κ2) is 5.37. The molecule has 14 heavy (non-hydrogen) atoms. The molecule has 3 heteroatoms. The van der Waals surface area contributed by atoms with Crippen molar-refractivity contribution in [2.45, 2.75) is 13.5 Å². The highest BCUT2D eigenvalue weighted by Gasteiger charge is 2.04. The first-order valence-corrected chi connectivity index (χ1v) is 5.47. The minimum Gasteiger partial charge on any atom is -0.497 e. The van der Waals surface area contributed by atoms with Gasteiger partial charge >= 0.3 is 0 Å². The van der Waals surface area contributed by atoms with Gasteiger partial charge in [-0.05, 0) is 37.4 Å². The van der Waals surface area contributed by atoms with Gasteiger partial charge in [0.15, 0.2) is 0 Å². The minimum atomic E-state index is 0.910. The first-order chi connectivity index (χ1) is 6.67. The molecular formula is C11H16BrNO. The molecule has 0 fully saturated rings. The zero-order valence-corrected chi connectivity index (χ0v) is 10.5. The molecule has 1 aromatic rings. The number of ether oxygens (including phenoxy) is 1. The quantitative estimate of drug-likeness (QED) is 0.823. The molecule has 2 nitrogen and oxygen atoms in total. The maximum atomic E-state index is 5.19. The highest BCUT2D eigenvalue weighted by Crippen LogP contribution is 2.23. The van der Waals surface area contributed by atoms with Crippen molar-refractivity contribution in [3.63, 3.8) is 0 Å². The molecule has 78 valence electrons. The highest BCUT2D eigenvalue weighted by atomic mass is 79.9. The largest absolute Gasteiger partial charge is 0.497 e. The van der Waals surface area contributed by atoms with Crippen molar-refractivity contribution in [1.29, 1.82) is 0 Å². The van der Waals surface area contributed by atoms with Crippen LogP contribution in [0.2, 0.25) is 0 Å². The molecule has 0 aliphatic heterocycles. The van der Waals surface area contributed by atoms with Crippen molar-refractivity contribution in [3.05, 3.63) is 28.2 Å². The molecule has 0 spiro atoms. The topological polar surface area (TPSA) is 12.5 Å². The molecule has 1 rings (SSSR count). The summed E-state index contributed by atoms with van der Waals surface area (Å²) >= 11 is 3.54. The van der Waals surface area contributed by atoms with Gasteiger partial charge in [-0.2, -0.15) is 0 Å². The van der Waals surface area contributed by atoms with Gasteiger partial charge in [0.25, 0.3) is 0 Å². The lowest BCUT2D eigenvalue weighted by molar-refractivity contribution is 0.343. The molecule has 0 aliphatic rings.